The Morgan fingerprint density at radius 3 is 2.48 bits per heavy atom. The molecule has 0 aromatic heterocycles. The molecule has 0 radical (unpaired) electrons. The van der Waals surface area contributed by atoms with Crippen molar-refractivity contribution in [3.8, 4) is 0 Å². The quantitative estimate of drug-likeness (QED) is 0.846. The molecule has 0 fully saturated rings. The second kappa shape index (κ2) is 6.28. The Morgan fingerprint density at radius 2 is 1.90 bits per heavy atom. The maximum absolute atomic E-state index is 12.1. The van der Waals surface area contributed by atoms with Crippen molar-refractivity contribution in [2.24, 2.45) is 0 Å². The summed E-state index contributed by atoms with van der Waals surface area (Å²) in [6, 6.07) is 9.49. The van der Waals surface area contributed by atoms with E-state index in [9.17, 15) is 9.59 Å². The lowest BCUT2D eigenvalue weighted by atomic mass is 10.1. The van der Waals surface area contributed by atoms with Crippen LogP contribution >= 0.6 is 27.5 Å². The van der Waals surface area contributed by atoms with Gasteiger partial charge in [-0.3, -0.25) is 4.79 Å². The molecule has 2 rings (SSSR count). The fraction of sp³-hybridized carbons (Fsp3) is 0.0667. The first-order valence-electron chi connectivity index (χ1n) is 5.99. The molecule has 0 bridgehead atoms. The number of hydrogen-bond donors (Lipinski definition) is 2. The number of carbonyl (C=O) groups excluding carboxylic acids is 1. The van der Waals surface area contributed by atoms with Gasteiger partial charge in [-0.25, -0.2) is 4.79 Å². The summed E-state index contributed by atoms with van der Waals surface area (Å²) in [4.78, 5) is 23.1. The van der Waals surface area contributed by atoms with Crippen LogP contribution < -0.4 is 5.32 Å². The predicted molar refractivity (Wildman–Crippen MR) is 85.2 cm³/mol. The molecule has 6 heteroatoms. The Labute approximate surface area is 134 Å². The molecule has 0 saturated heterocycles. The van der Waals surface area contributed by atoms with Crippen LogP contribution in [0.1, 0.15) is 26.3 Å². The van der Waals surface area contributed by atoms with Gasteiger partial charge in [0.2, 0.25) is 0 Å². The van der Waals surface area contributed by atoms with Gasteiger partial charge in [-0.2, -0.15) is 0 Å². The number of rotatable bonds is 3. The molecular weight excluding hydrogens is 358 g/mol. The molecule has 0 saturated carbocycles. The first kappa shape index (κ1) is 15.5. The van der Waals surface area contributed by atoms with Crippen molar-refractivity contribution in [1.82, 2.24) is 0 Å². The number of aromatic carboxylic acids is 1. The van der Waals surface area contributed by atoms with E-state index in [2.05, 4.69) is 21.2 Å². The van der Waals surface area contributed by atoms with E-state index in [1.54, 1.807) is 37.3 Å². The van der Waals surface area contributed by atoms with Crippen LogP contribution in [0.25, 0.3) is 0 Å². The molecule has 2 aromatic rings. The van der Waals surface area contributed by atoms with Crippen LogP contribution in [-0.2, 0) is 0 Å². The predicted octanol–water partition coefficient (Wildman–Crippen LogP) is 4.36. The Hall–Kier alpha value is -1.85. The molecule has 2 aromatic carbocycles. The molecule has 2 N–H and O–H groups in total. The standard InChI is InChI=1S/C15H11BrClNO3/c1-8-6-10(3-4-11(8)15(20)21)18-14(19)9-2-5-13(17)12(16)7-9/h2-7H,1H3,(H,18,19)(H,20,21). The number of halogens is 2. The van der Waals surface area contributed by atoms with Crippen LogP contribution in [0.4, 0.5) is 5.69 Å². The van der Waals surface area contributed by atoms with Gasteiger partial charge < -0.3 is 10.4 Å². The third kappa shape index (κ3) is 3.62. The summed E-state index contributed by atoms with van der Waals surface area (Å²) in [5.41, 5.74) is 1.78. The van der Waals surface area contributed by atoms with Gasteiger partial charge in [0, 0.05) is 15.7 Å². The number of aryl methyl sites for hydroxylation is 1. The van der Waals surface area contributed by atoms with Crippen LogP contribution in [-0.4, -0.2) is 17.0 Å². The second-order valence-electron chi connectivity index (χ2n) is 4.42. The first-order chi connectivity index (χ1) is 9.88. The van der Waals surface area contributed by atoms with Gasteiger partial charge in [-0.15, -0.1) is 0 Å². The molecule has 0 aliphatic heterocycles. The first-order valence-corrected chi connectivity index (χ1v) is 7.16. The van der Waals surface area contributed by atoms with Crippen molar-refractivity contribution in [3.63, 3.8) is 0 Å². The van der Waals surface area contributed by atoms with Gasteiger partial charge in [0.05, 0.1) is 10.6 Å². The molecular formula is C15H11BrClNO3. The third-order valence-electron chi connectivity index (χ3n) is 2.90. The Balaban J connectivity index is 2.21. The number of carbonyl (C=O) groups is 2. The molecule has 1 amide bonds. The van der Waals surface area contributed by atoms with Crippen molar-refractivity contribution >= 4 is 45.1 Å². The summed E-state index contributed by atoms with van der Waals surface area (Å²) in [7, 11) is 0. The fourth-order valence-electron chi connectivity index (χ4n) is 1.82. The lowest BCUT2D eigenvalue weighted by molar-refractivity contribution is 0.0696. The number of carboxylic acid groups (broad SMARTS) is 1. The lowest BCUT2D eigenvalue weighted by Crippen LogP contribution is -2.12. The molecule has 0 spiro atoms. The van der Waals surface area contributed by atoms with E-state index < -0.39 is 5.97 Å². The molecule has 108 valence electrons. The van der Waals surface area contributed by atoms with Crippen LogP contribution in [0, 0.1) is 6.92 Å². The lowest BCUT2D eigenvalue weighted by Gasteiger charge is -2.08. The Kier molecular flexibility index (Phi) is 4.65. The highest BCUT2D eigenvalue weighted by Crippen LogP contribution is 2.24. The van der Waals surface area contributed by atoms with E-state index in [0.717, 1.165) is 0 Å². The van der Waals surface area contributed by atoms with E-state index in [-0.39, 0.29) is 11.5 Å². The normalized spacial score (nSPS) is 10.2. The van der Waals surface area contributed by atoms with E-state index >= 15 is 0 Å². The van der Waals surface area contributed by atoms with Crippen molar-refractivity contribution < 1.29 is 14.7 Å². The smallest absolute Gasteiger partial charge is 0.335 e. The number of nitrogens with one attached hydrogen (secondary N) is 1. The van der Waals surface area contributed by atoms with E-state index in [4.69, 9.17) is 16.7 Å². The molecule has 0 unspecified atom stereocenters. The highest BCUT2D eigenvalue weighted by atomic mass is 79.9. The molecule has 0 atom stereocenters. The molecule has 0 heterocycles. The monoisotopic (exact) mass is 367 g/mol. The average Bonchev–Trinajstić information content (AvgIpc) is 2.41. The van der Waals surface area contributed by atoms with Crippen LogP contribution in [0.15, 0.2) is 40.9 Å². The van der Waals surface area contributed by atoms with Crippen LogP contribution in [0.2, 0.25) is 5.02 Å². The molecule has 4 nitrogen and oxygen atoms in total. The van der Waals surface area contributed by atoms with E-state index in [1.807, 2.05) is 0 Å². The largest absolute Gasteiger partial charge is 0.478 e. The zero-order valence-electron chi connectivity index (χ0n) is 11.0. The molecule has 0 aliphatic rings. The maximum Gasteiger partial charge on any atom is 0.335 e. The van der Waals surface area contributed by atoms with Gasteiger partial charge in [0.25, 0.3) is 5.91 Å². The topological polar surface area (TPSA) is 66.4 Å². The zero-order chi connectivity index (χ0) is 15.6. The van der Waals surface area contributed by atoms with Crippen LogP contribution in [0.5, 0.6) is 0 Å². The van der Waals surface area contributed by atoms with Crippen molar-refractivity contribution in [1.29, 1.82) is 0 Å². The number of carboxylic acids is 1. The Morgan fingerprint density at radius 1 is 1.19 bits per heavy atom. The summed E-state index contributed by atoms with van der Waals surface area (Å²) < 4.78 is 0.634. The highest BCUT2D eigenvalue weighted by molar-refractivity contribution is 9.10. The minimum atomic E-state index is -0.994. The number of hydrogen-bond acceptors (Lipinski definition) is 2. The molecule has 21 heavy (non-hydrogen) atoms. The van der Waals surface area contributed by atoms with Crippen molar-refractivity contribution in [2.75, 3.05) is 5.32 Å². The van der Waals surface area contributed by atoms with Gasteiger partial charge in [-0.05, 0) is 64.8 Å². The van der Waals surface area contributed by atoms with Gasteiger partial charge in [-0.1, -0.05) is 11.6 Å². The summed E-state index contributed by atoms with van der Waals surface area (Å²) >= 11 is 9.14. The van der Waals surface area contributed by atoms with Gasteiger partial charge >= 0.3 is 5.97 Å². The number of amides is 1. The fourth-order valence-corrected chi connectivity index (χ4v) is 2.32. The summed E-state index contributed by atoms with van der Waals surface area (Å²) in [5.74, 6) is -1.29. The van der Waals surface area contributed by atoms with Gasteiger partial charge in [0.15, 0.2) is 0 Å². The second-order valence-corrected chi connectivity index (χ2v) is 5.68. The van der Waals surface area contributed by atoms with Crippen LogP contribution in [0.3, 0.4) is 0 Å². The van der Waals surface area contributed by atoms with E-state index in [0.29, 0.717) is 26.3 Å². The summed E-state index contributed by atoms with van der Waals surface area (Å²) in [6.45, 7) is 1.68. The zero-order valence-corrected chi connectivity index (χ0v) is 13.3. The SMILES string of the molecule is Cc1cc(NC(=O)c2ccc(Cl)c(Br)c2)ccc1C(=O)O. The third-order valence-corrected chi connectivity index (χ3v) is 4.11. The number of anilines is 1. The maximum atomic E-state index is 12.1. The van der Waals surface area contributed by atoms with Crippen molar-refractivity contribution in [2.45, 2.75) is 6.92 Å². The van der Waals surface area contributed by atoms with E-state index in [1.165, 1.54) is 6.07 Å². The molecule has 0 aliphatic carbocycles. The highest BCUT2D eigenvalue weighted by Gasteiger charge is 2.11. The Bertz CT molecular complexity index is 731. The average molecular weight is 369 g/mol. The minimum Gasteiger partial charge on any atom is -0.478 e. The van der Waals surface area contributed by atoms with Gasteiger partial charge in [0.1, 0.15) is 0 Å². The summed E-state index contributed by atoms with van der Waals surface area (Å²) in [6.07, 6.45) is 0. The summed E-state index contributed by atoms with van der Waals surface area (Å²) in [5, 5.41) is 12.2. The van der Waals surface area contributed by atoms with Crippen molar-refractivity contribution in [3.05, 3.63) is 62.6 Å². The number of benzene rings is 2. The minimum absolute atomic E-state index is 0.210.